The number of benzene rings is 3. The van der Waals surface area contributed by atoms with E-state index < -0.39 is 8.32 Å². The van der Waals surface area contributed by atoms with Crippen LogP contribution in [0.15, 0.2) is 78.9 Å². The van der Waals surface area contributed by atoms with Crippen LogP contribution in [0.1, 0.15) is 44.4 Å². The van der Waals surface area contributed by atoms with Crippen LogP contribution in [0, 0.1) is 0 Å². The van der Waals surface area contributed by atoms with E-state index in [-0.39, 0.29) is 11.1 Å². The molecule has 3 heteroatoms. The van der Waals surface area contributed by atoms with E-state index in [0.29, 0.717) is 6.10 Å². The molecule has 2 atom stereocenters. The van der Waals surface area contributed by atoms with Crippen molar-refractivity contribution in [2.75, 3.05) is 0 Å². The average molecular weight is 401 g/mol. The number of hydrogen-bond donors (Lipinski definition) is 0. The molecule has 0 saturated carbocycles. The van der Waals surface area contributed by atoms with Crippen LogP contribution in [0.25, 0.3) is 0 Å². The lowest BCUT2D eigenvalue weighted by molar-refractivity contribution is 0.373. The molecule has 29 heavy (non-hydrogen) atoms. The van der Waals surface area contributed by atoms with Crippen LogP contribution < -0.4 is 14.8 Å². The van der Waals surface area contributed by atoms with Crippen molar-refractivity contribution in [1.82, 2.24) is 0 Å². The molecular weight excluding hydrogens is 372 g/mol. The molecule has 0 aromatic heterocycles. The molecule has 0 N–H and O–H groups in total. The van der Waals surface area contributed by atoms with Crippen LogP contribution in [-0.4, -0.2) is 14.4 Å². The zero-order valence-electron chi connectivity index (χ0n) is 17.4. The van der Waals surface area contributed by atoms with E-state index in [0.717, 1.165) is 18.6 Å². The van der Waals surface area contributed by atoms with Gasteiger partial charge in [-0.25, -0.2) is 0 Å². The number of rotatable bonds is 4. The summed E-state index contributed by atoms with van der Waals surface area (Å²) >= 11 is 0. The van der Waals surface area contributed by atoms with Crippen molar-refractivity contribution in [3.8, 4) is 5.75 Å². The Morgan fingerprint density at radius 3 is 2.03 bits per heavy atom. The Bertz CT molecular complexity index is 968. The van der Waals surface area contributed by atoms with Gasteiger partial charge in [0.25, 0.3) is 0 Å². The number of hydrogen-bond acceptors (Lipinski definition) is 2. The highest BCUT2D eigenvalue weighted by atomic mass is 28.4. The maximum absolute atomic E-state index is 7.29. The zero-order valence-corrected chi connectivity index (χ0v) is 18.4. The Balaban J connectivity index is 1.71. The van der Waals surface area contributed by atoms with Crippen molar-refractivity contribution in [3.63, 3.8) is 0 Å². The van der Waals surface area contributed by atoms with Gasteiger partial charge in [0.1, 0.15) is 11.9 Å². The van der Waals surface area contributed by atoms with Crippen LogP contribution in [0.5, 0.6) is 5.75 Å². The third-order valence-electron chi connectivity index (χ3n) is 6.42. The molecule has 3 aromatic rings. The fraction of sp³-hybridized carbons (Fsp3) is 0.308. The molecule has 148 valence electrons. The van der Waals surface area contributed by atoms with Crippen molar-refractivity contribution in [1.29, 1.82) is 0 Å². The smallest absolute Gasteiger partial charge is 0.319 e. The first-order valence-electron chi connectivity index (χ1n) is 10.6. The molecule has 1 fully saturated rings. The van der Waals surface area contributed by atoms with Gasteiger partial charge in [-0.3, -0.25) is 0 Å². The SMILES string of the molecule is CC(C)(C)[Si](Oc1cccc2c1CCC1OC21)(c1ccccc1)c1ccccc1. The summed E-state index contributed by atoms with van der Waals surface area (Å²) in [5, 5.41) is 2.59. The molecular formula is C26H28O2Si. The maximum Gasteiger partial charge on any atom is 0.319 e. The Hall–Kier alpha value is -2.36. The van der Waals surface area contributed by atoms with Gasteiger partial charge in [0, 0.05) is 0 Å². The summed E-state index contributed by atoms with van der Waals surface area (Å²) in [6.45, 7) is 6.98. The summed E-state index contributed by atoms with van der Waals surface area (Å²) in [7, 11) is -2.60. The molecule has 0 bridgehead atoms. The second-order valence-electron chi connectivity index (χ2n) is 9.22. The molecule has 1 aliphatic heterocycles. The van der Waals surface area contributed by atoms with E-state index in [1.54, 1.807) is 0 Å². The van der Waals surface area contributed by atoms with E-state index in [1.807, 2.05) is 0 Å². The third-order valence-corrected chi connectivity index (χ3v) is 11.3. The number of fused-ring (bicyclic) bond motifs is 3. The fourth-order valence-corrected chi connectivity index (χ4v) is 9.40. The standard InChI is InChI=1S/C26H28O2Si/c1-26(2,3)29(19-11-6-4-7-12-19,20-13-8-5-9-14-20)28-23-16-10-15-22-21(23)17-18-24-25(22)27-24/h4-16,24-25H,17-18H2,1-3H3. The largest absolute Gasteiger partial charge is 0.534 e. The molecule has 2 nitrogen and oxygen atoms in total. The molecule has 0 radical (unpaired) electrons. The zero-order chi connectivity index (χ0) is 20.1. The number of epoxide rings is 1. The second kappa shape index (κ2) is 6.86. The predicted octanol–water partition coefficient (Wildman–Crippen LogP) is 5.01. The lowest BCUT2D eigenvalue weighted by atomic mass is 9.91. The molecule has 1 heterocycles. The van der Waals surface area contributed by atoms with Crippen LogP contribution >= 0.6 is 0 Å². The van der Waals surface area contributed by atoms with E-state index in [2.05, 4.69) is 99.6 Å². The van der Waals surface area contributed by atoms with Crippen molar-refractivity contribution in [3.05, 3.63) is 90.0 Å². The summed E-state index contributed by atoms with van der Waals surface area (Å²) in [6, 6.07) is 28.2. The molecule has 0 amide bonds. The Morgan fingerprint density at radius 2 is 1.45 bits per heavy atom. The molecule has 1 saturated heterocycles. The van der Waals surface area contributed by atoms with Gasteiger partial charge in [0.2, 0.25) is 0 Å². The van der Waals surface area contributed by atoms with Crippen LogP contribution in [-0.2, 0) is 11.2 Å². The van der Waals surface area contributed by atoms with Crippen LogP contribution in [0.2, 0.25) is 5.04 Å². The summed E-state index contributed by atoms with van der Waals surface area (Å²) in [4.78, 5) is 0. The number of ether oxygens (including phenoxy) is 1. The summed E-state index contributed by atoms with van der Waals surface area (Å²) < 4.78 is 13.2. The average Bonchev–Trinajstić information content (AvgIpc) is 3.53. The molecule has 1 aliphatic carbocycles. The van der Waals surface area contributed by atoms with E-state index in [1.165, 1.54) is 21.5 Å². The lowest BCUT2D eigenvalue weighted by Crippen LogP contribution is -2.69. The molecule has 0 spiro atoms. The van der Waals surface area contributed by atoms with Gasteiger partial charge >= 0.3 is 8.32 Å². The molecule has 2 unspecified atom stereocenters. The summed E-state index contributed by atoms with van der Waals surface area (Å²) in [5.41, 5.74) is 2.68. The predicted molar refractivity (Wildman–Crippen MR) is 121 cm³/mol. The van der Waals surface area contributed by atoms with E-state index in [9.17, 15) is 0 Å². The molecule has 2 aliphatic rings. The van der Waals surface area contributed by atoms with Gasteiger partial charge in [-0.1, -0.05) is 93.6 Å². The van der Waals surface area contributed by atoms with Gasteiger partial charge in [-0.15, -0.1) is 0 Å². The minimum Gasteiger partial charge on any atom is -0.534 e. The highest BCUT2D eigenvalue weighted by Gasteiger charge is 2.53. The fourth-order valence-electron chi connectivity index (χ4n) is 4.95. The van der Waals surface area contributed by atoms with E-state index in [4.69, 9.17) is 9.16 Å². The lowest BCUT2D eigenvalue weighted by Gasteiger charge is -2.43. The molecule has 3 aromatic carbocycles. The van der Waals surface area contributed by atoms with Crippen molar-refractivity contribution >= 4 is 18.7 Å². The minimum absolute atomic E-state index is 0.0360. The van der Waals surface area contributed by atoms with Gasteiger partial charge in [-0.05, 0) is 45.4 Å². The Labute approximate surface area is 174 Å². The van der Waals surface area contributed by atoms with E-state index >= 15 is 0 Å². The monoisotopic (exact) mass is 400 g/mol. The van der Waals surface area contributed by atoms with Crippen molar-refractivity contribution in [2.45, 2.75) is 50.9 Å². The van der Waals surface area contributed by atoms with Crippen LogP contribution in [0.3, 0.4) is 0 Å². The Kier molecular flexibility index (Phi) is 4.41. The van der Waals surface area contributed by atoms with Gasteiger partial charge < -0.3 is 9.16 Å². The topological polar surface area (TPSA) is 21.8 Å². The minimum atomic E-state index is -2.60. The second-order valence-corrected chi connectivity index (χ2v) is 13.4. The Morgan fingerprint density at radius 1 is 0.828 bits per heavy atom. The van der Waals surface area contributed by atoms with Crippen molar-refractivity contribution in [2.24, 2.45) is 0 Å². The quantitative estimate of drug-likeness (QED) is 0.453. The third kappa shape index (κ3) is 3.04. The van der Waals surface area contributed by atoms with Crippen LogP contribution in [0.4, 0.5) is 0 Å². The first-order valence-corrected chi connectivity index (χ1v) is 12.5. The summed E-state index contributed by atoms with van der Waals surface area (Å²) in [5.74, 6) is 1.05. The highest BCUT2D eigenvalue weighted by Crippen LogP contribution is 2.50. The normalized spacial score (nSPS) is 20.5. The van der Waals surface area contributed by atoms with Gasteiger partial charge in [0.05, 0.1) is 6.10 Å². The van der Waals surface area contributed by atoms with Gasteiger partial charge in [0.15, 0.2) is 0 Å². The molecule has 5 rings (SSSR count). The first-order chi connectivity index (χ1) is 14.0. The van der Waals surface area contributed by atoms with Gasteiger partial charge in [-0.2, -0.15) is 0 Å². The highest BCUT2D eigenvalue weighted by molar-refractivity contribution is 7.00. The van der Waals surface area contributed by atoms with Crippen molar-refractivity contribution < 1.29 is 9.16 Å². The first kappa shape index (κ1) is 18.7. The summed E-state index contributed by atoms with van der Waals surface area (Å²) in [6.07, 6.45) is 2.83. The maximum atomic E-state index is 7.29.